The topological polar surface area (TPSA) is 49.6 Å². The number of piperidine rings is 2. The Bertz CT molecular complexity index is 548. The summed E-state index contributed by atoms with van der Waals surface area (Å²) in [4.78, 5) is 17.1. The summed E-state index contributed by atoms with van der Waals surface area (Å²) in [6.45, 7) is 2.83. The lowest BCUT2D eigenvalue weighted by Gasteiger charge is -2.46. The number of likely N-dealkylation sites (tertiary alicyclic amines) is 2. The first kappa shape index (κ1) is 14.7. The Labute approximate surface area is 130 Å². The van der Waals surface area contributed by atoms with Gasteiger partial charge in [0.25, 0.3) is 5.91 Å². The van der Waals surface area contributed by atoms with Crippen LogP contribution in [0.1, 0.15) is 29.6 Å². The highest BCUT2D eigenvalue weighted by Gasteiger charge is 2.36. The first-order chi connectivity index (χ1) is 10.1. The lowest BCUT2D eigenvalue weighted by molar-refractivity contribution is 0.0317. The zero-order valence-corrected chi connectivity index (χ0v) is 13.1. The molecule has 4 nitrogen and oxygen atoms in total. The first-order valence-corrected chi connectivity index (χ1v) is 7.98. The highest BCUT2D eigenvalue weighted by atomic mass is 35.5. The number of hydrogen-bond acceptors (Lipinski definition) is 3. The molecule has 1 aromatic carbocycles. The summed E-state index contributed by atoms with van der Waals surface area (Å²) in [5.74, 6) is 0.626. The zero-order valence-electron chi connectivity index (χ0n) is 12.4. The average molecular weight is 308 g/mol. The quantitative estimate of drug-likeness (QED) is 0.811. The Morgan fingerprint density at radius 2 is 2.14 bits per heavy atom. The second kappa shape index (κ2) is 5.85. The molecule has 0 bridgehead atoms. The van der Waals surface area contributed by atoms with Crippen molar-refractivity contribution < 1.29 is 4.79 Å². The molecule has 0 aromatic heterocycles. The van der Waals surface area contributed by atoms with Gasteiger partial charge in [-0.1, -0.05) is 11.6 Å². The van der Waals surface area contributed by atoms with Crippen LogP contribution in [0.2, 0.25) is 5.02 Å². The van der Waals surface area contributed by atoms with Gasteiger partial charge in [0, 0.05) is 24.8 Å². The van der Waals surface area contributed by atoms with Gasteiger partial charge in [0.15, 0.2) is 0 Å². The van der Waals surface area contributed by atoms with Crippen LogP contribution in [-0.4, -0.2) is 48.4 Å². The molecule has 0 spiro atoms. The molecule has 2 unspecified atom stereocenters. The molecule has 0 aliphatic carbocycles. The summed E-state index contributed by atoms with van der Waals surface area (Å²) < 4.78 is 0. The van der Waals surface area contributed by atoms with Crippen LogP contribution in [0.5, 0.6) is 0 Å². The van der Waals surface area contributed by atoms with Gasteiger partial charge in [0.05, 0.1) is 10.6 Å². The van der Waals surface area contributed by atoms with E-state index in [1.165, 1.54) is 19.4 Å². The molecule has 3 rings (SSSR count). The Morgan fingerprint density at radius 1 is 1.33 bits per heavy atom. The fourth-order valence-electron chi connectivity index (χ4n) is 3.71. The molecule has 2 heterocycles. The molecular formula is C16H22ClN3O. The highest BCUT2D eigenvalue weighted by Crippen LogP contribution is 2.31. The third-order valence-electron chi connectivity index (χ3n) is 4.86. The average Bonchev–Trinajstić information content (AvgIpc) is 2.46. The number of nitrogen functional groups attached to an aromatic ring is 1. The van der Waals surface area contributed by atoms with Crippen LogP contribution in [0.3, 0.4) is 0 Å². The number of rotatable bonds is 1. The number of fused-ring (bicyclic) bond motifs is 1. The van der Waals surface area contributed by atoms with E-state index < -0.39 is 0 Å². The van der Waals surface area contributed by atoms with Gasteiger partial charge in [-0.15, -0.1) is 0 Å². The van der Waals surface area contributed by atoms with E-state index in [-0.39, 0.29) is 5.91 Å². The van der Waals surface area contributed by atoms with E-state index in [0.29, 0.717) is 28.2 Å². The zero-order chi connectivity index (χ0) is 15.0. The van der Waals surface area contributed by atoms with E-state index in [0.717, 1.165) is 19.5 Å². The molecule has 0 saturated carbocycles. The third-order valence-corrected chi connectivity index (χ3v) is 5.17. The van der Waals surface area contributed by atoms with Crippen LogP contribution < -0.4 is 5.73 Å². The van der Waals surface area contributed by atoms with Crippen molar-refractivity contribution in [3.05, 3.63) is 28.8 Å². The van der Waals surface area contributed by atoms with Gasteiger partial charge in [0.1, 0.15) is 0 Å². The number of nitrogens with zero attached hydrogens (tertiary/aromatic N) is 2. The second-order valence-corrected chi connectivity index (χ2v) is 6.64. The van der Waals surface area contributed by atoms with E-state index in [1.807, 2.05) is 4.90 Å². The van der Waals surface area contributed by atoms with Gasteiger partial charge in [-0.2, -0.15) is 0 Å². The van der Waals surface area contributed by atoms with Crippen LogP contribution in [-0.2, 0) is 0 Å². The Morgan fingerprint density at radius 3 is 2.90 bits per heavy atom. The Hall–Kier alpha value is -1.26. The number of carbonyl (C=O) groups excluding carboxylic acids is 1. The van der Waals surface area contributed by atoms with Crippen LogP contribution in [0.25, 0.3) is 0 Å². The predicted octanol–water partition coefficient (Wildman–Crippen LogP) is 2.48. The molecule has 1 amide bonds. The molecule has 1 aromatic rings. The molecule has 2 atom stereocenters. The second-order valence-electron chi connectivity index (χ2n) is 6.23. The summed E-state index contributed by atoms with van der Waals surface area (Å²) in [5.41, 5.74) is 6.84. The van der Waals surface area contributed by atoms with E-state index in [2.05, 4.69) is 11.9 Å². The van der Waals surface area contributed by atoms with Crippen molar-refractivity contribution in [3.63, 3.8) is 0 Å². The summed E-state index contributed by atoms with van der Waals surface area (Å²) in [6, 6.07) is 5.75. The maximum absolute atomic E-state index is 12.7. The van der Waals surface area contributed by atoms with Gasteiger partial charge < -0.3 is 15.5 Å². The minimum absolute atomic E-state index is 0.0340. The molecule has 2 saturated heterocycles. The van der Waals surface area contributed by atoms with Crippen molar-refractivity contribution in [1.82, 2.24) is 9.80 Å². The molecular weight excluding hydrogens is 286 g/mol. The van der Waals surface area contributed by atoms with E-state index in [4.69, 9.17) is 17.3 Å². The fourth-order valence-corrected chi connectivity index (χ4v) is 3.98. The molecule has 5 heteroatoms. The van der Waals surface area contributed by atoms with Gasteiger partial charge >= 0.3 is 0 Å². The van der Waals surface area contributed by atoms with Crippen molar-refractivity contribution in [2.24, 2.45) is 5.92 Å². The van der Waals surface area contributed by atoms with Crippen molar-refractivity contribution >= 4 is 23.2 Å². The van der Waals surface area contributed by atoms with Crippen LogP contribution in [0, 0.1) is 5.92 Å². The molecule has 0 radical (unpaired) electrons. The smallest absolute Gasteiger partial charge is 0.255 e. The maximum atomic E-state index is 12.7. The number of carbonyl (C=O) groups is 1. The summed E-state index contributed by atoms with van der Waals surface area (Å²) in [6.07, 6.45) is 3.50. The molecule has 2 fully saturated rings. The molecule has 2 aliphatic rings. The minimum Gasteiger partial charge on any atom is -0.399 e. The van der Waals surface area contributed by atoms with E-state index >= 15 is 0 Å². The molecule has 2 aliphatic heterocycles. The standard InChI is InChI=1S/C16H22ClN3O/c1-19-7-2-3-11-10-20(8-6-15(11)19)16(21)13-5-4-12(18)9-14(13)17/h4-5,9,11,15H,2-3,6-8,10,18H2,1H3. The van der Waals surface area contributed by atoms with Gasteiger partial charge in [-0.05, 0) is 57.0 Å². The predicted molar refractivity (Wildman–Crippen MR) is 85.5 cm³/mol. The normalized spacial score (nSPS) is 26.5. The number of hydrogen-bond donors (Lipinski definition) is 1. The fraction of sp³-hybridized carbons (Fsp3) is 0.562. The van der Waals surface area contributed by atoms with Gasteiger partial charge in [0.2, 0.25) is 0 Å². The van der Waals surface area contributed by atoms with Gasteiger partial charge in [-0.25, -0.2) is 0 Å². The van der Waals surface area contributed by atoms with Crippen molar-refractivity contribution in [2.75, 3.05) is 32.4 Å². The molecule has 114 valence electrons. The SMILES string of the molecule is CN1CCCC2CN(C(=O)c3ccc(N)cc3Cl)CCC21. The van der Waals surface area contributed by atoms with Crippen molar-refractivity contribution in [2.45, 2.75) is 25.3 Å². The monoisotopic (exact) mass is 307 g/mol. The van der Waals surface area contributed by atoms with Gasteiger partial charge in [-0.3, -0.25) is 4.79 Å². The Kier molecular flexibility index (Phi) is 4.09. The van der Waals surface area contributed by atoms with Crippen molar-refractivity contribution in [3.8, 4) is 0 Å². The Balaban J connectivity index is 1.74. The largest absolute Gasteiger partial charge is 0.399 e. The van der Waals surface area contributed by atoms with E-state index in [1.54, 1.807) is 18.2 Å². The molecule has 21 heavy (non-hydrogen) atoms. The number of benzene rings is 1. The maximum Gasteiger partial charge on any atom is 0.255 e. The van der Waals surface area contributed by atoms with Crippen LogP contribution >= 0.6 is 11.6 Å². The lowest BCUT2D eigenvalue weighted by atomic mass is 9.84. The summed E-state index contributed by atoms with van der Waals surface area (Å²) >= 11 is 6.17. The highest BCUT2D eigenvalue weighted by molar-refractivity contribution is 6.34. The number of amides is 1. The van der Waals surface area contributed by atoms with E-state index in [9.17, 15) is 4.79 Å². The summed E-state index contributed by atoms with van der Waals surface area (Å²) in [5, 5.41) is 0.447. The molecule has 2 N–H and O–H groups in total. The number of nitrogens with two attached hydrogens (primary N) is 1. The van der Waals surface area contributed by atoms with Crippen LogP contribution in [0.4, 0.5) is 5.69 Å². The summed E-state index contributed by atoms with van der Waals surface area (Å²) in [7, 11) is 2.20. The number of halogens is 1. The van der Waals surface area contributed by atoms with Crippen molar-refractivity contribution in [1.29, 1.82) is 0 Å². The third kappa shape index (κ3) is 2.87. The van der Waals surface area contributed by atoms with Crippen LogP contribution in [0.15, 0.2) is 18.2 Å². The lowest BCUT2D eigenvalue weighted by Crippen LogP contribution is -2.53. The first-order valence-electron chi connectivity index (χ1n) is 7.61. The number of anilines is 1. The minimum atomic E-state index is 0.0340.